The largest absolute Gasteiger partial charge is 0.466 e. The Morgan fingerprint density at radius 2 is 2.42 bits per heavy atom. The first kappa shape index (κ1) is 14.3. The third kappa shape index (κ3) is 3.92. The Morgan fingerprint density at radius 3 is 3.00 bits per heavy atom. The molecule has 0 saturated carbocycles. The average Bonchev–Trinajstić information content (AvgIpc) is 2.98. The molecule has 0 aliphatic carbocycles. The van der Waals surface area contributed by atoms with Gasteiger partial charge in [-0.1, -0.05) is 0 Å². The number of hydrogen-bond acceptors (Lipinski definition) is 4. The lowest BCUT2D eigenvalue weighted by Gasteiger charge is -2.24. The van der Waals surface area contributed by atoms with Gasteiger partial charge in [0.2, 0.25) is 0 Å². The molecular formula is C13H18BrN3O2. The van der Waals surface area contributed by atoms with E-state index in [1.54, 1.807) is 31.5 Å². The molecule has 2 atom stereocenters. The summed E-state index contributed by atoms with van der Waals surface area (Å²) in [6.45, 7) is 4.94. The second kappa shape index (κ2) is 5.90. The Kier molecular flexibility index (Phi) is 4.44. The highest BCUT2D eigenvalue weighted by molar-refractivity contribution is 9.10. The van der Waals surface area contributed by atoms with Crippen LogP contribution in [0.4, 0.5) is 0 Å². The maximum Gasteiger partial charge on any atom is 0.136 e. The molecule has 0 aliphatic rings. The highest BCUT2D eigenvalue weighted by atomic mass is 79.9. The lowest BCUT2D eigenvalue weighted by molar-refractivity contribution is 0.0315. The molecule has 6 heteroatoms. The summed E-state index contributed by atoms with van der Waals surface area (Å²) in [6.07, 6.45) is 5.24. The van der Waals surface area contributed by atoms with E-state index in [0.29, 0.717) is 12.3 Å². The van der Waals surface area contributed by atoms with Crippen molar-refractivity contribution in [1.29, 1.82) is 0 Å². The maximum absolute atomic E-state index is 10.3. The van der Waals surface area contributed by atoms with Crippen LogP contribution >= 0.6 is 15.9 Å². The summed E-state index contributed by atoms with van der Waals surface area (Å²) in [5.41, 5.74) is -1.01. The molecule has 0 unspecified atom stereocenters. The molecule has 0 bridgehead atoms. The number of halogens is 1. The van der Waals surface area contributed by atoms with E-state index in [9.17, 15) is 5.11 Å². The van der Waals surface area contributed by atoms with E-state index < -0.39 is 5.60 Å². The van der Waals surface area contributed by atoms with Gasteiger partial charge in [0.1, 0.15) is 11.4 Å². The van der Waals surface area contributed by atoms with E-state index in [1.165, 1.54) is 0 Å². The third-order valence-corrected chi connectivity index (χ3v) is 3.32. The molecular weight excluding hydrogens is 310 g/mol. The van der Waals surface area contributed by atoms with Crippen molar-refractivity contribution >= 4 is 15.9 Å². The molecule has 104 valence electrons. The van der Waals surface area contributed by atoms with Crippen LogP contribution in [0.15, 0.2) is 39.7 Å². The Bertz CT molecular complexity index is 508. The van der Waals surface area contributed by atoms with Crippen LogP contribution < -0.4 is 5.32 Å². The summed E-state index contributed by atoms with van der Waals surface area (Å²) in [4.78, 5) is 0. The van der Waals surface area contributed by atoms with Gasteiger partial charge in [0, 0.05) is 18.8 Å². The molecule has 5 nitrogen and oxygen atoms in total. The molecule has 0 radical (unpaired) electrons. The molecule has 19 heavy (non-hydrogen) atoms. The summed E-state index contributed by atoms with van der Waals surface area (Å²) in [5.74, 6) is 0.564. The molecule has 0 spiro atoms. The molecule has 2 heterocycles. The zero-order valence-electron chi connectivity index (χ0n) is 11.0. The fourth-order valence-electron chi connectivity index (χ4n) is 1.83. The highest BCUT2D eigenvalue weighted by Crippen LogP contribution is 2.20. The number of aliphatic hydroxyl groups is 1. The monoisotopic (exact) mass is 327 g/mol. The summed E-state index contributed by atoms with van der Waals surface area (Å²) in [6, 6.07) is 3.74. The van der Waals surface area contributed by atoms with Crippen molar-refractivity contribution in [3.8, 4) is 0 Å². The average molecular weight is 328 g/mol. The van der Waals surface area contributed by atoms with Crippen molar-refractivity contribution in [3.63, 3.8) is 0 Å². The Balaban J connectivity index is 1.85. The van der Waals surface area contributed by atoms with Gasteiger partial charge in [0.05, 0.1) is 23.5 Å². The molecule has 0 saturated heterocycles. The molecule has 0 aromatic carbocycles. The van der Waals surface area contributed by atoms with Gasteiger partial charge in [-0.25, -0.2) is 0 Å². The maximum atomic E-state index is 10.3. The Hall–Kier alpha value is -1.11. The quantitative estimate of drug-likeness (QED) is 0.853. The van der Waals surface area contributed by atoms with Crippen LogP contribution in [0.5, 0.6) is 0 Å². The van der Waals surface area contributed by atoms with Crippen LogP contribution in [-0.4, -0.2) is 27.5 Å². The van der Waals surface area contributed by atoms with Crippen LogP contribution in [0.3, 0.4) is 0 Å². The number of furan rings is 1. The zero-order chi connectivity index (χ0) is 13.9. The van der Waals surface area contributed by atoms with Gasteiger partial charge in [-0.3, -0.25) is 4.68 Å². The molecule has 2 N–H and O–H groups in total. The van der Waals surface area contributed by atoms with E-state index in [0.717, 1.165) is 11.0 Å². The van der Waals surface area contributed by atoms with E-state index >= 15 is 0 Å². The van der Waals surface area contributed by atoms with Crippen molar-refractivity contribution in [2.75, 3.05) is 6.54 Å². The van der Waals surface area contributed by atoms with E-state index in [2.05, 4.69) is 26.3 Å². The summed E-state index contributed by atoms with van der Waals surface area (Å²) in [5, 5.41) is 17.8. The van der Waals surface area contributed by atoms with Crippen LogP contribution in [0.1, 0.15) is 19.6 Å². The Labute approximate surface area is 120 Å². The van der Waals surface area contributed by atoms with Crippen LogP contribution in [0.2, 0.25) is 0 Å². The fourth-order valence-corrected chi connectivity index (χ4v) is 2.16. The number of hydrogen-bond donors (Lipinski definition) is 2. The highest BCUT2D eigenvalue weighted by Gasteiger charge is 2.26. The lowest BCUT2D eigenvalue weighted by Crippen LogP contribution is -2.41. The number of nitrogens with zero attached hydrogens (tertiary/aromatic N) is 2. The van der Waals surface area contributed by atoms with Gasteiger partial charge >= 0.3 is 0 Å². The fraction of sp³-hybridized carbons (Fsp3) is 0.462. The third-order valence-electron chi connectivity index (χ3n) is 2.91. The van der Waals surface area contributed by atoms with Crippen molar-refractivity contribution in [2.45, 2.75) is 32.0 Å². The van der Waals surface area contributed by atoms with Gasteiger partial charge in [-0.15, -0.1) is 0 Å². The van der Waals surface area contributed by atoms with Gasteiger partial charge in [0.15, 0.2) is 0 Å². The van der Waals surface area contributed by atoms with Crippen LogP contribution in [-0.2, 0) is 12.1 Å². The van der Waals surface area contributed by atoms with E-state index in [1.807, 2.05) is 17.8 Å². The molecule has 0 aliphatic heterocycles. The van der Waals surface area contributed by atoms with Crippen molar-refractivity contribution in [3.05, 3.63) is 41.0 Å². The van der Waals surface area contributed by atoms with Crippen LogP contribution in [0, 0.1) is 0 Å². The molecule has 0 amide bonds. The van der Waals surface area contributed by atoms with Crippen LogP contribution in [0.25, 0.3) is 0 Å². The van der Waals surface area contributed by atoms with Gasteiger partial charge in [-0.2, -0.15) is 5.10 Å². The molecule has 2 aromatic rings. The summed E-state index contributed by atoms with van der Waals surface area (Å²) >= 11 is 3.36. The molecule has 0 fully saturated rings. The van der Waals surface area contributed by atoms with Gasteiger partial charge < -0.3 is 14.8 Å². The minimum absolute atomic E-state index is 0.188. The van der Waals surface area contributed by atoms with Crippen molar-refractivity contribution < 1.29 is 9.52 Å². The Morgan fingerprint density at radius 1 is 1.63 bits per heavy atom. The normalized spacial score (nSPS) is 16.2. The van der Waals surface area contributed by atoms with Crippen molar-refractivity contribution in [2.24, 2.45) is 0 Å². The summed E-state index contributed by atoms with van der Waals surface area (Å²) < 4.78 is 8.05. The van der Waals surface area contributed by atoms with E-state index in [-0.39, 0.29) is 6.04 Å². The second-order valence-electron chi connectivity index (χ2n) is 4.91. The standard InChI is InChI=1S/C13H18BrN3O2/c1-10(7-17-8-11(14)6-16-17)15-9-13(2,18)12-4-3-5-19-12/h3-6,8,10,15,18H,7,9H2,1-2H3/t10-,13+/m1/s1. The SMILES string of the molecule is C[C@H](Cn1cc(Br)cn1)NC[C@](C)(O)c1ccco1. The first-order valence-electron chi connectivity index (χ1n) is 6.15. The van der Waals surface area contributed by atoms with Gasteiger partial charge in [-0.05, 0) is 41.9 Å². The predicted octanol–water partition coefficient (Wildman–Crippen LogP) is 2.12. The first-order chi connectivity index (χ1) is 8.97. The lowest BCUT2D eigenvalue weighted by atomic mass is 10.0. The zero-order valence-corrected chi connectivity index (χ0v) is 12.6. The summed E-state index contributed by atoms with van der Waals surface area (Å²) in [7, 11) is 0. The minimum Gasteiger partial charge on any atom is -0.466 e. The second-order valence-corrected chi connectivity index (χ2v) is 5.83. The first-order valence-corrected chi connectivity index (χ1v) is 6.94. The number of nitrogens with one attached hydrogen (secondary N) is 1. The van der Waals surface area contributed by atoms with Crippen molar-refractivity contribution in [1.82, 2.24) is 15.1 Å². The predicted molar refractivity (Wildman–Crippen MR) is 75.7 cm³/mol. The van der Waals surface area contributed by atoms with E-state index in [4.69, 9.17) is 4.42 Å². The molecule has 2 rings (SSSR count). The smallest absolute Gasteiger partial charge is 0.136 e. The van der Waals surface area contributed by atoms with Gasteiger partial charge in [0.25, 0.3) is 0 Å². The number of rotatable bonds is 6. The topological polar surface area (TPSA) is 63.2 Å². The number of aromatic nitrogens is 2. The minimum atomic E-state index is -1.01. The molecule has 2 aromatic heterocycles.